The van der Waals surface area contributed by atoms with E-state index in [1.54, 1.807) is 11.8 Å². The second kappa shape index (κ2) is 4.07. The van der Waals surface area contributed by atoms with E-state index in [1.165, 1.54) is 0 Å². The molecule has 0 aromatic rings. The van der Waals surface area contributed by atoms with Gasteiger partial charge in [0.1, 0.15) is 6.04 Å². The third-order valence-electron chi connectivity index (χ3n) is 3.57. The van der Waals surface area contributed by atoms with Crippen molar-refractivity contribution in [2.45, 2.75) is 57.6 Å². The monoisotopic (exact) mass is 225 g/mol. The van der Waals surface area contributed by atoms with Gasteiger partial charge in [0.15, 0.2) is 5.60 Å². The van der Waals surface area contributed by atoms with E-state index in [2.05, 4.69) is 6.92 Å². The Kier molecular flexibility index (Phi) is 2.91. The van der Waals surface area contributed by atoms with Gasteiger partial charge in [0.25, 0.3) is 5.91 Å². The van der Waals surface area contributed by atoms with E-state index < -0.39 is 5.60 Å². The quantitative estimate of drug-likeness (QED) is 0.683. The summed E-state index contributed by atoms with van der Waals surface area (Å²) in [6.07, 6.45) is 4.22. The summed E-state index contributed by atoms with van der Waals surface area (Å²) >= 11 is 0. The van der Waals surface area contributed by atoms with Gasteiger partial charge in [-0.25, -0.2) is 4.79 Å². The lowest BCUT2D eigenvalue weighted by Crippen LogP contribution is -2.59. The first-order valence-electron chi connectivity index (χ1n) is 6.12. The zero-order valence-electron chi connectivity index (χ0n) is 9.99. The number of nitrogens with zero attached hydrogens (tertiary/aromatic N) is 1. The normalized spacial score (nSPS) is 33.9. The second-order valence-electron chi connectivity index (χ2n) is 4.91. The van der Waals surface area contributed by atoms with Gasteiger partial charge in [-0.15, -0.1) is 0 Å². The third kappa shape index (κ3) is 1.70. The van der Waals surface area contributed by atoms with E-state index in [4.69, 9.17) is 4.74 Å². The number of morpholine rings is 1. The fourth-order valence-corrected chi connectivity index (χ4v) is 2.56. The summed E-state index contributed by atoms with van der Waals surface area (Å²) in [7, 11) is 0. The van der Waals surface area contributed by atoms with Gasteiger partial charge in [-0.05, 0) is 32.6 Å². The van der Waals surface area contributed by atoms with Gasteiger partial charge >= 0.3 is 5.97 Å². The van der Waals surface area contributed by atoms with Crippen LogP contribution in [0.2, 0.25) is 0 Å². The molecule has 0 radical (unpaired) electrons. The van der Waals surface area contributed by atoms with Crippen LogP contribution >= 0.6 is 0 Å². The highest BCUT2D eigenvalue weighted by molar-refractivity contribution is 5.95. The van der Waals surface area contributed by atoms with Gasteiger partial charge in [0.2, 0.25) is 0 Å². The number of esters is 1. The molecule has 4 nitrogen and oxygen atoms in total. The van der Waals surface area contributed by atoms with E-state index in [-0.39, 0.29) is 17.9 Å². The molecule has 90 valence electrons. The molecule has 0 unspecified atom stereocenters. The molecule has 0 aromatic heterocycles. The summed E-state index contributed by atoms with van der Waals surface area (Å²) in [6.45, 7) is 4.52. The lowest BCUT2D eigenvalue weighted by atomic mass is 9.94. The van der Waals surface area contributed by atoms with Crippen molar-refractivity contribution in [3.8, 4) is 0 Å². The van der Waals surface area contributed by atoms with Gasteiger partial charge in [-0.2, -0.15) is 0 Å². The number of cyclic esters (lactones) is 1. The molecule has 0 bridgehead atoms. The standard InChI is InChI=1S/C12H19NO3/c1-3-4-7-12(2)11(15)13-8-5-6-9(13)10(14)16-12/h9H,3-8H2,1-2H3/t9-,12+/m1/s1. The molecule has 2 heterocycles. The first-order valence-corrected chi connectivity index (χ1v) is 6.12. The summed E-state index contributed by atoms with van der Waals surface area (Å²) < 4.78 is 5.37. The smallest absolute Gasteiger partial charge is 0.329 e. The van der Waals surface area contributed by atoms with Crippen molar-refractivity contribution >= 4 is 11.9 Å². The maximum atomic E-state index is 12.2. The van der Waals surface area contributed by atoms with Crippen LogP contribution in [0.5, 0.6) is 0 Å². The number of unbranched alkanes of at least 4 members (excludes halogenated alkanes) is 1. The van der Waals surface area contributed by atoms with E-state index in [9.17, 15) is 9.59 Å². The van der Waals surface area contributed by atoms with Gasteiger partial charge in [0, 0.05) is 6.54 Å². The number of carbonyl (C=O) groups is 2. The molecule has 2 atom stereocenters. The molecule has 4 heteroatoms. The first kappa shape index (κ1) is 11.4. The highest BCUT2D eigenvalue weighted by atomic mass is 16.6. The number of amides is 1. The zero-order chi connectivity index (χ0) is 11.8. The van der Waals surface area contributed by atoms with Crippen molar-refractivity contribution in [3.63, 3.8) is 0 Å². The Morgan fingerprint density at radius 2 is 2.25 bits per heavy atom. The Morgan fingerprint density at radius 1 is 1.50 bits per heavy atom. The van der Waals surface area contributed by atoms with Crippen LogP contribution in [0.3, 0.4) is 0 Å². The van der Waals surface area contributed by atoms with Gasteiger partial charge in [0.05, 0.1) is 0 Å². The lowest BCUT2D eigenvalue weighted by Gasteiger charge is -2.40. The number of hydrogen-bond acceptors (Lipinski definition) is 3. The van der Waals surface area contributed by atoms with Crippen molar-refractivity contribution in [2.24, 2.45) is 0 Å². The molecule has 0 saturated carbocycles. The Morgan fingerprint density at radius 3 is 2.94 bits per heavy atom. The fraction of sp³-hybridized carbons (Fsp3) is 0.833. The maximum Gasteiger partial charge on any atom is 0.329 e. The number of rotatable bonds is 3. The van der Waals surface area contributed by atoms with Crippen molar-refractivity contribution < 1.29 is 14.3 Å². The Hall–Kier alpha value is -1.06. The molecule has 0 aromatic carbocycles. The number of hydrogen-bond donors (Lipinski definition) is 0. The van der Waals surface area contributed by atoms with Crippen LogP contribution in [-0.2, 0) is 14.3 Å². The van der Waals surface area contributed by atoms with Crippen molar-refractivity contribution in [3.05, 3.63) is 0 Å². The molecule has 1 amide bonds. The largest absolute Gasteiger partial charge is 0.448 e. The summed E-state index contributed by atoms with van der Waals surface area (Å²) in [4.78, 5) is 25.7. The average molecular weight is 225 g/mol. The van der Waals surface area contributed by atoms with E-state index in [1.807, 2.05) is 0 Å². The molecule has 2 saturated heterocycles. The molecule has 16 heavy (non-hydrogen) atoms. The summed E-state index contributed by atoms with van der Waals surface area (Å²) in [6, 6.07) is -0.304. The lowest BCUT2D eigenvalue weighted by molar-refractivity contribution is -0.189. The maximum absolute atomic E-state index is 12.2. The van der Waals surface area contributed by atoms with Crippen LogP contribution in [0.1, 0.15) is 46.0 Å². The molecule has 0 spiro atoms. The van der Waals surface area contributed by atoms with Crippen LogP contribution < -0.4 is 0 Å². The highest BCUT2D eigenvalue weighted by Gasteiger charge is 2.51. The summed E-state index contributed by atoms with van der Waals surface area (Å²) in [5.74, 6) is -0.209. The van der Waals surface area contributed by atoms with Crippen LogP contribution in [0.15, 0.2) is 0 Å². The fourth-order valence-electron chi connectivity index (χ4n) is 2.56. The van der Waals surface area contributed by atoms with E-state index in [0.29, 0.717) is 13.0 Å². The van der Waals surface area contributed by atoms with Crippen LogP contribution in [-0.4, -0.2) is 35.0 Å². The van der Waals surface area contributed by atoms with Crippen molar-refractivity contribution in [1.29, 1.82) is 0 Å². The molecule has 2 fully saturated rings. The molecule has 2 aliphatic heterocycles. The predicted molar refractivity (Wildman–Crippen MR) is 58.8 cm³/mol. The first-order chi connectivity index (χ1) is 7.58. The number of carbonyl (C=O) groups excluding carboxylic acids is 2. The SMILES string of the molecule is CCCC[C@]1(C)OC(=O)[C@H]2CCCN2C1=O. The highest BCUT2D eigenvalue weighted by Crippen LogP contribution is 2.33. The Balaban J connectivity index is 2.16. The molecular weight excluding hydrogens is 206 g/mol. The summed E-state index contributed by atoms with van der Waals surface area (Å²) in [5.41, 5.74) is -0.909. The zero-order valence-corrected chi connectivity index (χ0v) is 9.99. The number of fused-ring (bicyclic) bond motifs is 1. The predicted octanol–water partition coefficient (Wildman–Crippen LogP) is 1.48. The van der Waals surface area contributed by atoms with Crippen molar-refractivity contribution in [2.75, 3.05) is 6.54 Å². The number of ether oxygens (including phenoxy) is 1. The van der Waals surface area contributed by atoms with Crippen LogP contribution in [0.4, 0.5) is 0 Å². The molecular formula is C12H19NO3. The molecule has 0 N–H and O–H groups in total. The minimum absolute atomic E-state index is 0.00282. The average Bonchev–Trinajstić information content (AvgIpc) is 2.73. The molecule has 0 aliphatic carbocycles. The van der Waals surface area contributed by atoms with E-state index in [0.717, 1.165) is 25.7 Å². The minimum atomic E-state index is -0.909. The van der Waals surface area contributed by atoms with Gasteiger partial charge < -0.3 is 9.64 Å². The molecule has 2 rings (SSSR count). The van der Waals surface area contributed by atoms with Crippen LogP contribution in [0.25, 0.3) is 0 Å². The van der Waals surface area contributed by atoms with Gasteiger partial charge in [-0.1, -0.05) is 13.3 Å². The minimum Gasteiger partial charge on any atom is -0.448 e. The second-order valence-corrected chi connectivity index (χ2v) is 4.91. The van der Waals surface area contributed by atoms with Crippen LogP contribution in [0, 0.1) is 0 Å². The third-order valence-corrected chi connectivity index (χ3v) is 3.57. The topological polar surface area (TPSA) is 46.6 Å². The Bertz CT molecular complexity index is 315. The van der Waals surface area contributed by atoms with E-state index >= 15 is 0 Å². The van der Waals surface area contributed by atoms with Crippen molar-refractivity contribution in [1.82, 2.24) is 4.90 Å². The van der Waals surface area contributed by atoms with Gasteiger partial charge in [-0.3, -0.25) is 4.79 Å². The Labute approximate surface area is 95.9 Å². The summed E-state index contributed by atoms with van der Waals surface area (Å²) in [5, 5.41) is 0. The molecule has 2 aliphatic rings.